The molecule has 0 unspecified atom stereocenters. The van der Waals surface area contributed by atoms with Crippen LogP contribution in [0, 0.1) is 0 Å². The highest BCUT2D eigenvalue weighted by Gasteiger charge is 2.23. The monoisotopic (exact) mass is 365 g/mol. The zero-order valence-electron chi connectivity index (χ0n) is 14.4. The van der Waals surface area contributed by atoms with Gasteiger partial charge in [0.2, 0.25) is 11.1 Å². The maximum atomic E-state index is 12.1. The average Bonchev–Trinajstić information content (AvgIpc) is 2.89. The van der Waals surface area contributed by atoms with Gasteiger partial charge in [0.15, 0.2) is 5.82 Å². The Kier molecular flexibility index (Phi) is 6.17. The van der Waals surface area contributed by atoms with Crippen LogP contribution < -0.4 is 11.2 Å². The SMILES string of the molecule is CSc1ccccc1NC(=O)CCSc1nnc(C(C)(C)C)n1N. The van der Waals surface area contributed by atoms with Gasteiger partial charge in [0.1, 0.15) is 0 Å². The fraction of sp³-hybridized carbons (Fsp3) is 0.438. The molecule has 0 bridgehead atoms. The quantitative estimate of drug-likeness (QED) is 0.604. The van der Waals surface area contributed by atoms with E-state index in [4.69, 9.17) is 5.84 Å². The van der Waals surface area contributed by atoms with Crippen LogP contribution in [0.5, 0.6) is 0 Å². The first-order valence-electron chi connectivity index (χ1n) is 7.59. The lowest BCUT2D eigenvalue weighted by molar-refractivity contribution is -0.115. The second kappa shape index (κ2) is 7.94. The van der Waals surface area contributed by atoms with Crippen LogP contribution in [0.3, 0.4) is 0 Å². The van der Waals surface area contributed by atoms with Gasteiger partial charge in [0, 0.05) is 22.5 Å². The van der Waals surface area contributed by atoms with Crippen LogP contribution in [0.4, 0.5) is 5.69 Å². The lowest BCUT2D eigenvalue weighted by Crippen LogP contribution is -2.24. The first kappa shape index (κ1) is 18.7. The normalized spacial score (nSPS) is 11.5. The third kappa shape index (κ3) is 4.67. The Labute approximate surface area is 151 Å². The highest BCUT2D eigenvalue weighted by atomic mass is 32.2. The third-order valence-electron chi connectivity index (χ3n) is 3.28. The van der Waals surface area contributed by atoms with Crippen LogP contribution in [0.15, 0.2) is 34.3 Å². The maximum absolute atomic E-state index is 12.1. The van der Waals surface area contributed by atoms with E-state index in [0.29, 0.717) is 17.3 Å². The minimum Gasteiger partial charge on any atom is -0.336 e. The van der Waals surface area contributed by atoms with Gasteiger partial charge in [-0.2, -0.15) is 0 Å². The molecule has 130 valence electrons. The van der Waals surface area contributed by atoms with Crippen molar-refractivity contribution in [3.63, 3.8) is 0 Å². The topological polar surface area (TPSA) is 85.8 Å². The molecule has 0 saturated heterocycles. The molecule has 24 heavy (non-hydrogen) atoms. The largest absolute Gasteiger partial charge is 0.336 e. The standard InChI is InChI=1S/C16H23N5OS2/c1-16(2,3)14-19-20-15(21(14)17)24-10-9-13(22)18-11-7-5-6-8-12(11)23-4/h5-8H,9-10,17H2,1-4H3,(H,18,22). The summed E-state index contributed by atoms with van der Waals surface area (Å²) in [6.07, 6.45) is 2.37. The van der Waals surface area contributed by atoms with Crippen LogP contribution in [-0.2, 0) is 10.2 Å². The van der Waals surface area contributed by atoms with Crippen molar-refractivity contribution < 1.29 is 4.79 Å². The van der Waals surface area contributed by atoms with Crippen molar-refractivity contribution in [3.8, 4) is 0 Å². The molecule has 0 aliphatic carbocycles. The Hall–Kier alpha value is -1.67. The predicted molar refractivity (Wildman–Crippen MR) is 101 cm³/mol. The van der Waals surface area contributed by atoms with Crippen LogP contribution in [0.2, 0.25) is 0 Å². The molecule has 2 aromatic rings. The van der Waals surface area contributed by atoms with Crippen LogP contribution in [-0.4, -0.2) is 32.8 Å². The molecule has 8 heteroatoms. The number of nitrogens with one attached hydrogen (secondary N) is 1. The Balaban J connectivity index is 1.88. The minimum absolute atomic E-state index is 0.0249. The molecule has 0 fully saturated rings. The number of carbonyl (C=O) groups is 1. The fourth-order valence-electron chi connectivity index (χ4n) is 2.08. The van der Waals surface area contributed by atoms with Gasteiger partial charge in [-0.05, 0) is 18.4 Å². The smallest absolute Gasteiger partial charge is 0.225 e. The van der Waals surface area contributed by atoms with Crippen molar-refractivity contribution in [2.75, 3.05) is 23.2 Å². The van der Waals surface area contributed by atoms with Gasteiger partial charge in [-0.1, -0.05) is 44.7 Å². The minimum atomic E-state index is -0.167. The first-order valence-corrected chi connectivity index (χ1v) is 9.80. The van der Waals surface area contributed by atoms with E-state index in [9.17, 15) is 4.79 Å². The summed E-state index contributed by atoms with van der Waals surface area (Å²) in [5, 5.41) is 11.8. The van der Waals surface area contributed by atoms with E-state index >= 15 is 0 Å². The number of rotatable bonds is 6. The molecule has 1 aromatic heterocycles. The summed E-state index contributed by atoms with van der Waals surface area (Å²) < 4.78 is 1.51. The van der Waals surface area contributed by atoms with Crippen LogP contribution in [0.1, 0.15) is 33.0 Å². The number of carbonyl (C=O) groups excluding carboxylic acids is 1. The van der Waals surface area contributed by atoms with E-state index < -0.39 is 0 Å². The van der Waals surface area contributed by atoms with E-state index in [2.05, 4.69) is 15.5 Å². The number of amides is 1. The summed E-state index contributed by atoms with van der Waals surface area (Å²) in [6, 6.07) is 7.76. The molecule has 6 nitrogen and oxygen atoms in total. The van der Waals surface area contributed by atoms with E-state index in [0.717, 1.165) is 16.4 Å². The molecule has 3 N–H and O–H groups in total. The van der Waals surface area contributed by atoms with E-state index in [-0.39, 0.29) is 11.3 Å². The Morgan fingerprint density at radius 3 is 2.62 bits per heavy atom. The molecular weight excluding hydrogens is 342 g/mol. The number of hydrogen-bond acceptors (Lipinski definition) is 6. The summed E-state index contributed by atoms with van der Waals surface area (Å²) in [5.41, 5.74) is 0.677. The number of hydrogen-bond donors (Lipinski definition) is 2. The number of anilines is 1. The molecule has 1 heterocycles. The fourth-order valence-corrected chi connectivity index (χ4v) is 3.43. The highest BCUT2D eigenvalue weighted by Crippen LogP contribution is 2.26. The van der Waals surface area contributed by atoms with Gasteiger partial charge >= 0.3 is 0 Å². The number of aromatic nitrogens is 3. The number of nitrogens with two attached hydrogens (primary N) is 1. The zero-order chi connectivity index (χ0) is 17.7. The molecule has 0 spiro atoms. The van der Waals surface area contributed by atoms with Gasteiger partial charge in [-0.25, -0.2) is 4.68 Å². The number of para-hydroxylation sites is 1. The average molecular weight is 366 g/mol. The molecule has 1 amide bonds. The van der Waals surface area contributed by atoms with Crippen LogP contribution >= 0.6 is 23.5 Å². The summed E-state index contributed by atoms with van der Waals surface area (Å²) in [6.45, 7) is 6.10. The van der Waals surface area contributed by atoms with Gasteiger partial charge in [-0.3, -0.25) is 4.79 Å². The van der Waals surface area contributed by atoms with Crippen molar-refractivity contribution in [2.24, 2.45) is 0 Å². The first-order chi connectivity index (χ1) is 11.3. The second-order valence-electron chi connectivity index (χ2n) is 6.27. The summed E-state index contributed by atoms with van der Waals surface area (Å²) >= 11 is 3.04. The van der Waals surface area contributed by atoms with E-state index in [1.165, 1.54) is 16.4 Å². The third-order valence-corrected chi connectivity index (χ3v) is 5.02. The van der Waals surface area contributed by atoms with E-state index in [1.807, 2.05) is 51.3 Å². The van der Waals surface area contributed by atoms with E-state index in [1.54, 1.807) is 11.8 Å². The van der Waals surface area contributed by atoms with Crippen molar-refractivity contribution >= 4 is 35.1 Å². The Bertz CT molecular complexity index is 709. The molecule has 0 atom stereocenters. The van der Waals surface area contributed by atoms with Crippen molar-refractivity contribution in [1.29, 1.82) is 0 Å². The molecule has 2 rings (SSSR count). The zero-order valence-corrected chi connectivity index (χ0v) is 16.0. The lowest BCUT2D eigenvalue weighted by Gasteiger charge is -2.16. The van der Waals surface area contributed by atoms with Crippen molar-refractivity contribution in [3.05, 3.63) is 30.1 Å². The Morgan fingerprint density at radius 1 is 1.29 bits per heavy atom. The van der Waals surface area contributed by atoms with Gasteiger partial charge in [-0.15, -0.1) is 22.0 Å². The second-order valence-corrected chi connectivity index (χ2v) is 8.18. The molecule has 0 saturated carbocycles. The molecule has 0 radical (unpaired) electrons. The van der Waals surface area contributed by atoms with Gasteiger partial charge in [0.05, 0.1) is 5.69 Å². The molecule has 1 aromatic carbocycles. The van der Waals surface area contributed by atoms with Crippen molar-refractivity contribution in [1.82, 2.24) is 14.9 Å². The number of nitrogens with zero attached hydrogens (tertiary/aromatic N) is 3. The molecule has 0 aliphatic heterocycles. The van der Waals surface area contributed by atoms with Gasteiger partial charge in [0.25, 0.3) is 0 Å². The van der Waals surface area contributed by atoms with Crippen molar-refractivity contribution in [2.45, 2.75) is 42.7 Å². The molecule has 0 aliphatic rings. The van der Waals surface area contributed by atoms with Crippen LogP contribution in [0.25, 0.3) is 0 Å². The molecular formula is C16H23N5OS2. The lowest BCUT2D eigenvalue weighted by atomic mass is 9.96. The number of nitrogen functional groups attached to an aromatic ring is 1. The summed E-state index contributed by atoms with van der Waals surface area (Å²) in [4.78, 5) is 13.2. The maximum Gasteiger partial charge on any atom is 0.225 e. The number of benzene rings is 1. The van der Waals surface area contributed by atoms with Gasteiger partial charge < -0.3 is 11.2 Å². The highest BCUT2D eigenvalue weighted by molar-refractivity contribution is 7.99. The summed E-state index contributed by atoms with van der Waals surface area (Å²) in [5.74, 6) is 7.33. The predicted octanol–water partition coefficient (Wildman–Crippen LogP) is 3.13. The Morgan fingerprint density at radius 2 is 2.00 bits per heavy atom. The summed E-state index contributed by atoms with van der Waals surface area (Å²) in [7, 11) is 0. The number of thioether (sulfide) groups is 2.